The number of para-hydroxylation sites is 1. The maximum atomic E-state index is 6.20. The molecule has 0 bridgehead atoms. The molecule has 3 nitrogen and oxygen atoms in total. The SMILES string of the molecule is CNCCCC1(C)OCCn2c1c(C)c1ccccc12.Cl. The van der Waals surface area contributed by atoms with E-state index in [1.54, 1.807) is 0 Å². The second kappa shape index (κ2) is 6.39. The molecule has 0 aliphatic carbocycles. The predicted octanol–water partition coefficient (Wildman–Crippen LogP) is 3.62. The van der Waals surface area contributed by atoms with Gasteiger partial charge in [0.15, 0.2) is 0 Å². The number of rotatable bonds is 4. The number of ether oxygens (including phenoxy) is 1. The van der Waals surface area contributed by atoms with Gasteiger partial charge in [0, 0.05) is 17.4 Å². The molecule has 1 atom stereocenters. The highest BCUT2D eigenvalue weighted by atomic mass is 35.5. The van der Waals surface area contributed by atoms with Crippen LogP contribution in [0.25, 0.3) is 10.9 Å². The summed E-state index contributed by atoms with van der Waals surface area (Å²) >= 11 is 0. The van der Waals surface area contributed by atoms with Crippen LogP contribution in [0.2, 0.25) is 0 Å². The van der Waals surface area contributed by atoms with Crippen molar-refractivity contribution in [1.82, 2.24) is 9.88 Å². The quantitative estimate of drug-likeness (QED) is 0.873. The zero-order valence-corrected chi connectivity index (χ0v) is 13.9. The van der Waals surface area contributed by atoms with Gasteiger partial charge in [0.25, 0.3) is 0 Å². The molecule has 1 aliphatic rings. The van der Waals surface area contributed by atoms with E-state index in [0.29, 0.717) is 0 Å². The summed E-state index contributed by atoms with van der Waals surface area (Å²) in [6, 6.07) is 8.71. The number of hydrogen-bond donors (Lipinski definition) is 1. The normalized spacial score (nSPS) is 21.1. The standard InChI is InChI=1S/C17H24N2O.ClH/c1-13-14-7-4-5-8-15(14)19-11-12-20-17(2,16(13)19)9-6-10-18-3;/h4-5,7-8,18H,6,9-12H2,1-3H3;1H. The summed E-state index contributed by atoms with van der Waals surface area (Å²) in [6.45, 7) is 7.30. The molecular weight excluding hydrogens is 284 g/mol. The summed E-state index contributed by atoms with van der Waals surface area (Å²) in [4.78, 5) is 0. The summed E-state index contributed by atoms with van der Waals surface area (Å²) < 4.78 is 8.67. The van der Waals surface area contributed by atoms with Crippen LogP contribution in [0.3, 0.4) is 0 Å². The lowest BCUT2D eigenvalue weighted by Gasteiger charge is -2.36. The van der Waals surface area contributed by atoms with E-state index in [2.05, 4.69) is 48.0 Å². The molecule has 1 N–H and O–H groups in total. The lowest BCUT2D eigenvalue weighted by molar-refractivity contribution is -0.0703. The Morgan fingerprint density at radius 3 is 2.86 bits per heavy atom. The fraction of sp³-hybridized carbons (Fsp3) is 0.529. The van der Waals surface area contributed by atoms with Gasteiger partial charge >= 0.3 is 0 Å². The molecule has 2 heterocycles. The number of benzene rings is 1. The number of aromatic nitrogens is 1. The molecule has 1 aromatic carbocycles. The van der Waals surface area contributed by atoms with Crippen LogP contribution in [0.1, 0.15) is 31.0 Å². The minimum atomic E-state index is -0.155. The Balaban J connectivity index is 0.00000161. The van der Waals surface area contributed by atoms with E-state index in [0.717, 1.165) is 32.5 Å². The van der Waals surface area contributed by atoms with Crippen molar-refractivity contribution in [1.29, 1.82) is 0 Å². The first-order valence-corrected chi connectivity index (χ1v) is 7.54. The predicted molar refractivity (Wildman–Crippen MR) is 90.4 cm³/mol. The molecule has 0 spiro atoms. The van der Waals surface area contributed by atoms with Gasteiger partial charge in [-0.25, -0.2) is 0 Å². The van der Waals surface area contributed by atoms with Crippen molar-refractivity contribution in [3.63, 3.8) is 0 Å². The molecule has 21 heavy (non-hydrogen) atoms. The second-order valence-corrected chi connectivity index (χ2v) is 5.93. The lowest BCUT2D eigenvalue weighted by atomic mass is 9.91. The van der Waals surface area contributed by atoms with Gasteiger partial charge in [-0.2, -0.15) is 0 Å². The van der Waals surface area contributed by atoms with Crippen molar-refractivity contribution in [3.05, 3.63) is 35.5 Å². The zero-order chi connectivity index (χ0) is 14.2. The van der Waals surface area contributed by atoms with Crippen molar-refractivity contribution in [2.75, 3.05) is 20.2 Å². The van der Waals surface area contributed by atoms with Gasteiger partial charge in [0.05, 0.1) is 12.3 Å². The maximum Gasteiger partial charge on any atom is 0.106 e. The largest absolute Gasteiger partial charge is 0.367 e. The Hall–Kier alpha value is -1.03. The summed E-state index contributed by atoms with van der Waals surface area (Å²) in [5, 5.41) is 4.60. The van der Waals surface area contributed by atoms with E-state index in [1.165, 1.54) is 22.2 Å². The molecule has 116 valence electrons. The Morgan fingerprint density at radius 1 is 1.33 bits per heavy atom. The first-order chi connectivity index (χ1) is 9.67. The van der Waals surface area contributed by atoms with Gasteiger partial charge in [0.2, 0.25) is 0 Å². The van der Waals surface area contributed by atoms with Crippen LogP contribution < -0.4 is 5.32 Å². The molecule has 3 rings (SSSR count). The smallest absolute Gasteiger partial charge is 0.106 e. The molecule has 1 aromatic heterocycles. The summed E-state index contributed by atoms with van der Waals surface area (Å²) in [5.41, 5.74) is 3.95. The molecule has 1 aliphatic heterocycles. The topological polar surface area (TPSA) is 26.2 Å². The maximum absolute atomic E-state index is 6.20. The summed E-state index contributed by atoms with van der Waals surface area (Å²) in [6.07, 6.45) is 2.19. The van der Waals surface area contributed by atoms with E-state index in [9.17, 15) is 0 Å². The zero-order valence-electron chi connectivity index (χ0n) is 13.1. The molecule has 2 aromatic rings. The lowest BCUT2D eigenvalue weighted by Crippen LogP contribution is -2.36. The van der Waals surface area contributed by atoms with E-state index < -0.39 is 0 Å². The summed E-state index contributed by atoms with van der Waals surface area (Å²) in [5.74, 6) is 0. The van der Waals surface area contributed by atoms with Crippen LogP contribution >= 0.6 is 12.4 Å². The van der Waals surface area contributed by atoms with Crippen molar-refractivity contribution in [3.8, 4) is 0 Å². The van der Waals surface area contributed by atoms with Crippen LogP contribution in [0.4, 0.5) is 0 Å². The fourth-order valence-corrected chi connectivity index (χ4v) is 3.61. The first kappa shape index (κ1) is 16.3. The van der Waals surface area contributed by atoms with Gasteiger partial charge in [-0.3, -0.25) is 0 Å². The Bertz CT molecular complexity index is 623. The molecule has 1 unspecified atom stereocenters. The number of nitrogens with zero attached hydrogens (tertiary/aromatic N) is 1. The average molecular weight is 309 g/mol. The number of halogens is 1. The van der Waals surface area contributed by atoms with E-state index in [1.807, 2.05) is 7.05 Å². The van der Waals surface area contributed by atoms with Crippen molar-refractivity contribution in [2.24, 2.45) is 0 Å². The minimum absolute atomic E-state index is 0. The highest BCUT2D eigenvalue weighted by molar-refractivity contribution is 5.86. The number of fused-ring (bicyclic) bond motifs is 3. The third-order valence-electron chi connectivity index (χ3n) is 4.54. The molecule has 0 saturated heterocycles. The Labute approximate surface area is 133 Å². The van der Waals surface area contributed by atoms with Crippen LogP contribution in [-0.4, -0.2) is 24.8 Å². The molecule has 0 radical (unpaired) electrons. The van der Waals surface area contributed by atoms with Gasteiger partial charge in [-0.05, 0) is 51.9 Å². The van der Waals surface area contributed by atoms with E-state index >= 15 is 0 Å². The van der Waals surface area contributed by atoms with Crippen molar-refractivity contribution in [2.45, 2.75) is 38.8 Å². The molecule has 0 amide bonds. The molecule has 4 heteroatoms. The van der Waals surface area contributed by atoms with Gasteiger partial charge in [-0.1, -0.05) is 18.2 Å². The van der Waals surface area contributed by atoms with Crippen LogP contribution in [0.15, 0.2) is 24.3 Å². The molecular formula is C17H25ClN2O. The van der Waals surface area contributed by atoms with E-state index in [-0.39, 0.29) is 18.0 Å². The van der Waals surface area contributed by atoms with Gasteiger partial charge in [0.1, 0.15) is 5.60 Å². The Kier molecular flexibility index (Phi) is 4.97. The van der Waals surface area contributed by atoms with E-state index in [4.69, 9.17) is 4.74 Å². The van der Waals surface area contributed by atoms with Crippen LogP contribution in [-0.2, 0) is 16.9 Å². The highest BCUT2D eigenvalue weighted by Gasteiger charge is 2.36. The second-order valence-electron chi connectivity index (χ2n) is 5.93. The van der Waals surface area contributed by atoms with Gasteiger partial charge in [-0.15, -0.1) is 12.4 Å². The van der Waals surface area contributed by atoms with Gasteiger partial charge < -0.3 is 14.6 Å². The average Bonchev–Trinajstić information content (AvgIpc) is 2.75. The highest BCUT2D eigenvalue weighted by Crippen LogP contribution is 2.40. The monoisotopic (exact) mass is 308 g/mol. The third kappa shape index (κ3) is 2.70. The number of hydrogen-bond acceptors (Lipinski definition) is 2. The molecule has 0 fully saturated rings. The van der Waals surface area contributed by atoms with Crippen LogP contribution in [0.5, 0.6) is 0 Å². The molecule has 0 saturated carbocycles. The third-order valence-corrected chi connectivity index (χ3v) is 4.54. The minimum Gasteiger partial charge on any atom is -0.367 e. The fourth-order valence-electron chi connectivity index (χ4n) is 3.61. The number of nitrogens with one attached hydrogen (secondary N) is 1. The first-order valence-electron chi connectivity index (χ1n) is 7.54. The Morgan fingerprint density at radius 2 is 2.10 bits per heavy atom. The summed E-state index contributed by atoms with van der Waals surface area (Å²) in [7, 11) is 2.01. The van der Waals surface area contributed by atoms with Crippen LogP contribution in [0, 0.1) is 6.92 Å². The van der Waals surface area contributed by atoms with Crippen molar-refractivity contribution >= 4 is 23.3 Å². The van der Waals surface area contributed by atoms with Crippen molar-refractivity contribution < 1.29 is 4.74 Å². The number of aryl methyl sites for hydroxylation is 1.